The first-order valence-corrected chi connectivity index (χ1v) is 10.2. The average molecular weight is 550 g/mol. The third-order valence-electron chi connectivity index (χ3n) is 4.57. The minimum Gasteiger partial charge on any atom is -0.496 e. The summed E-state index contributed by atoms with van der Waals surface area (Å²) in [5, 5.41) is 6.28. The van der Waals surface area contributed by atoms with Crippen LogP contribution in [0.25, 0.3) is 0 Å². The largest absolute Gasteiger partial charge is 0.511 e. The van der Waals surface area contributed by atoms with Crippen LogP contribution in [0.3, 0.4) is 0 Å². The molecule has 0 aromatic heterocycles. The first kappa shape index (κ1) is 25.8. The van der Waals surface area contributed by atoms with Crippen LogP contribution in [0, 0.1) is 6.92 Å². The summed E-state index contributed by atoms with van der Waals surface area (Å²) in [7, 11) is -2.06. The lowest BCUT2D eigenvalue weighted by atomic mass is 10.1. The van der Waals surface area contributed by atoms with E-state index in [0.717, 1.165) is 16.9 Å². The van der Waals surface area contributed by atoms with E-state index in [1.54, 1.807) is 14.2 Å². The highest BCUT2D eigenvalue weighted by molar-refractivity contribution is 14.0. The number of hydrogen-bond donors (Lipinski definition) is 2. The Balaban J connectivity index is 0.00000420. The zero-order valence-electron chi connectivity index (χ0n) is 16.4. The van der Waals surface area contributed by atoms with Crippen molar-refractivity contribution in [1.82, 2.24) is 14.9 Å². The Morgan fingerprint density at radius 3 is 2.41 bits per heavy atom. The number of aryl methyl sites for hydroxylation is 1. The lowest BCUT2D eigenvalue weighted by Crippen LogP contribution is -2.51. The van der Waals surface area contributed by atoms with Gasteiger partial charge in [0, 0.05) is 32.7 Å². The highest BCUT2D eigenvalue weighted by Crippen LogP contribution is 2.29. The fourth-order valence-corrected chi connectivity index (χ4v) is 4.00. The standard InChI is InChI=1S/C17H25F3N4O3S.HI/c1-12-10-13(4-5-15(12)27-3)11-22-16(21-2)23-14-6-8-24(9-7-14)28(25,26)17(18,19)20;/h4-5,10,14H,6-9,11H2,1-3H3,(H2,21,22,23);1H. The lowest BCUT2D eigenvalue weighted by Gasteiger charge is -2.32. The molecule has 1 fully saturated rings. The first-order chi connectivity index (χ1) is 13.1. The fraction of sp³-hybridized carbons (Fsp3) is 0.588. The van der Waals surface area contributed by atoms with Gasteiger partial charge in [-0.25, -0.2) is 8.42 Å². The third kappa shape index (κ3) is 6.60. The van der Waals surface area contributed by atoms with Gasteiger partial charge in [-0.1, -0.05) is 12.1 Å². The summed E-state index contributed by atoms with van der Waals surface area (Å²) < 4.78 is 66.5. The van der Waals surface area contributed by atoms with E-state index in [4.69, 9.17) is 4.74 Å². The fourth-order valence-electron chi connectivity index (χ4n) is 3.01. The monoisotopic (exact) mass is 550 g/mol. The van der Waals surface area contributed by atoms with Gasteiger partial charge in [0.15, 0.2) is 5.96 Å². The van der Waals surface area contributed by atoms with Crippen molar-refractivity contribution in [2.75, 3.05) is 27.2 Å². The number of piperidine rings is 1. The van der Waals surface area contributed by atoms with E-state index in [1.807, 2.05) is 25.1 Å². The number of ether oxygens (including phenoxy) is 1. The summed E-state index contributed by atoms with van der Waals surface area (Å²) in [6.45, 7) is 2.08. The smallest absolute Gasteiger partial charge is 0.496 e. The minimum absolute atomic E-state index is 0. The van der Waals surface area contributed by atoms with Crippen molar-refractivity contribution in [3.63, 3.8) is 0 Å². The highest BCUT2D eigenvalue weighted by Gasteiger charge is 2.50. The molecule has 1 aromatic rings. The van der Waals surface area contributed by atoms with Crippen molar-refractivity contribution >= 4 is 40.0 Å². The SMILES string of the molecule is CN=C(NCc1ccc(OC)c(C)c1)NC1CCN(S(=O)(=O)C(F)(F)F)CC1.I. The zero-order chi connectivity index (χ0) is 20.9. The summed E-state index contributed by atoms with van der Waals surface area (Å²) in [6.07, 6.45) is 0.523. The Labute approximate surface area is 186 Å². The second-order valence-electron chi connectivity index (χ2n) is 6.50. The van der Waals surface area contributed by atoms with Gasteiger partial charge >= 0.3 is 15.5 Å². The Morgan fingerprint density at radius 1 is 1.31 bits per heavy atom. The molecule has 0 radical (unpaired) electrons. The molecular formula is C17H26F3IN4O3S. The van der Waals surface area contributed by atoms with Gasteiger partial charge in [0.25, 0.3) is 0 Å². The molecule has 1 aliphatic heterocycles. The quantitative estimate of drug-likeness (QED) is 0.335. The topological polar surface area (TPSA) is 83.0 Å². The van der Waals surface area contributed by atoms with Gasteiger partial charge in [-0.2, -0.15) is 17.5 Å². The molecule has 2 rings (SSSR count). The number of hydrogen-bond acceptors (Lipinski definition) is 4. The van der Waals surface area contributed by atoms with Gasteiger partial charge in [-0.3, -0.25) is 4.99 Å². The van der Waals surface area contributed by atoms with Crippen LogP contribution in [0.15, 0.2) is 23.2 Å². The summed E-state index contributed by atoms with van der Waals surface area (Å²) in [5.41, 5.74) is -3.24. The van der Waals surface area contributed by atoms with Crippen LogP contribution in [0.4, 0.5) is 13.2 Å². The molecule has 166 valence electrons. The zero-order valence-corrected chi connectivity index (χ0v) is 19.6. The molecule has 1 aliphatic rings. The molecule has 0 saturated carbocycles. The summed E-state index contributed by atoms with van der Waals surface area (Å²) in [4.78, 5) is 4.12. The molecule has 0 unspecified atom stereocenters. The highest BCUT2D eigenvalue weighted by atomic mass is 127. The van der Waals surface area contributed by atoms with E-state index in [0.29, 0.717) is 16.8 Å². The van der Waals surface area contributed by atoms with E-state index in [-0.39, 0.29) is 55.9 Å². The molecule has 1 saturated heterocycles. The molecule has 0 spiro atoms. The molecule has 2 N–H and O–H groups in total. The van der Waals surface area contributed by atoms with E-state index in [2.05, 4.69) is 15.6 Å². The van der Waals surface area contributed by atoms with Gasteiger partial charge in [0.2, 0.25) is 0 Å². The third-order valence-corrected chi connectivity index (χ3v) is 6.20. The number of methoxy groups -OCH3 is 1. The van der Waals surface area contributed by atoms with Crippen LogP contribution in [-0.4, -0.2) is 57.5 Å². The van der Waals surface area contributed by atoms with Crippen LogP contribution in [0.5, 0.6) is 5.75 Å². The molecule has 0 aliphatic carbocycles. The molecular weight excluding hydrogens is 524 g/mol. The van der Waals surface area contributed by atoms with Crippen molar-refractivity contribution in [1.29, 1.82) is 0 Å². The van der Waals surface area contributed by atoms with Crippen molar-refractivity contribution in [3.8, 4) is 5.75 Å². The molecule has 12 heteroatoms. The van der Waals surface area contributed by atoms with Gasteiger partial charge in [0.1, 0.15) is 5.75 Å². The van der Waals surface area contributed by atoms with Gasteiger partial charge < -0.3 is 15.4 Å². The molecule has 0 atom stereocenters. The van der Waals surface area contributed by atoms with Crippen molar-refractivity contribution in [2.24, 2.45) is 4.99 Å². The number of rotatable bonds is 5. The number of aliphatic imine (C=N–C) groups is 1. The van der Waals surface area contributed by atoms with Crippen LogP contribution in [0.1, 0.15) is 24.0 Å². The summed E-state index contributed by atoms with van der Waals surface area (Å²) in [5.74, 6) is 1.30. The average Bonchev–Trinajstić information content (AvgIpc) is 2.64. The summed E-state index contributed by atoms with van der Waals surface area (Å²) >= 11 is 0. The molecule has 29 heavy (non-hydrogen) atoms. The molecule has 1 aromatic carbocycles. The Bertz CT molecular complexity index is 811. The maximum absolute atomic E-state index is 12.6. The molecule has 0 bridgehead atoms. The van der Waals surface area contributed by atoms with Crippen molar-refractivity contribution in [2.45, 2.75) is 37.9 Å². The van der Waals surface area contributed by atoms with E-state index >= 15 is 0 Å². The second-order valence-corrected chi connectivity index (χ2v) is 8.43. The maximum Gasteiger partial charge on any atom is 0.511 e. The number of sulfonamides is 1. The number of halogens is 4. The number of alkyl halides is 3. The lowest BCUT2D eigenvalue weighted by molar-refractivity contribution is -0.0494. The van der Waals surface area contributed by atoms with Crippen molar-refractivity contribution < 1.29 is 26.3 Å². The Morgan fingerprint density at radius 2 is 1.93 bits per heavy atom. The van der Waals surface area contributed by atoms with Crippen LogP contribution in [0.2, 0.25) is 0 Å². The Hall–Kier alpha value is -1.28. The van der Waals surface area contributed by atoms with E-state index < -0.39 is 15.5 Å². The Kier molecular flexibility index (Phi) is 9.47. The van der Waals surface area contributed by atoms with Gasteiger partial charge in [-0.15, -0.1) is 24.0 Å². The molecule has 1 heterocycles. The number of guanidine groups is 1. The minimum atomic E-state index is -5.26. The number of nitrogens with one attached hydrogen (secondary N) is 2. The first-order valence-electron chi connectivity index (χ1n) is 8.75. The van der Waals surface area contributed by atoms with E-state index in [1.165, 1.54) is 0 Å². The van der Waals surface area contributed by atoms with Gasteiger partial charge in [0.05, 0.1) is 7.11 Å². The van der Waals surface area contributed by atoms with Crippen LogP contribution < -0.4 is 15.4 Å². The molecule has 0 amide bonds. The van der Waals surface area contributed by atoms with E-state index in [9.17, 15) is 21.6 Å². The summed E-state index contributed by atoms with van der Waals surface area (Å²) in [6, 6.07) is 5.62. The van der Waals surface area contributed by atoms with Crippen molar-refractivity contribution in [3.05, 3.63) is 29.3 Å². The second kappa shape index (κ2) is 10.7. The van der Waals surface area contributed by atoms with Gasteiger partial charge in [-0.05, 0) is 37.0 Å². The predicted octanol–water partition coefficient (Wildman–Crippen LogP) is 2.60. The maximum atomic E-state index is 12.6. The predicted molar refractivity (Wildman–Crippen MR) is 116 cm³/mol. The van der Waals surface area contributed by atoms with Crippen LogP contribution in [-0.2, 0) is 16.6 Å². The van der Waals surface area contributed by atoms with Crippen LogP contribution >= 0.6 is 24.0 Å². The normalized spacial score (nSPS) is 16.8. The number of nitrogens with zero attached hydrogens (tertiary/aromatic N) is 2. The number of benzene rings is 1. The molecule has 7 nitrogen and oxygen atoms in total.